The Labute approximate surface area is 505 Å². The van der Waals surface area contributed by atoms with E-state index in [4.69, 9.17) is 0 Å². The van der Waals surface area contributed by atoms with Crippen molar-refractivity contribution in [1.29, 1.82) is 0 Å². The second kappa shape index (κ2) is 16.2. The predicted molar refractivity (Wildman–Crippen MR) is 356 cm³/mol. The van der Waals surface area contributed by atoms with Crippen molar-refractivity contribution in [2.24, 2.45) is 0 Å². The van der Waals surface area contributed by atoms with E-state index >= 15 is 0 Å². The molecule has 13 aromatic carbocycles. The lowest BCUT2D eigenvalue weighted by atomic mass is 9.31. The number of fused-ring (bicyclic) bond motifs is 26. The molecule has 5 aliphatic carbocycles. The predicted octanol–water partition coefficient (Wildman–Crippen LogP) is 18.3. The van der Waals surface area contributed by atoms with E-state index in [0.717, 1.165) is 0 Å². The molecular formula is C83H50BN3. The summed E-state index contributed by atoms with van der Waals surface area (Å²) in [5, 5.41) is 0. The van der Waals surface area contributed by atoms with Crippen LogP contribution in [0.25, 0.3) is 33.4 Å². The number of nitrogens with zero attached hydrogens (tertiary/aromatic N) is 3. The normalized spacial score (nSPS) is 18.8. The van der Waals surface area contributed by atoms with Gasteiger partial charge in [0.1, 0.15) is 0 Å². The van der Waals surface area contributed by atoms with Gasteiger partial charge in [-0.2, -0.15) is 0 Å². The first-order chi connectivity index (χ1) is 43.3. The first kappa shape index (κ1) is 45.7. The van der Waals surface area contributed by atoms with Crippen LogP contribution in [-0.4, -0.2) is 6.71 Å². The minimum atomic E-state index is -0.0139. The van der Waals surface area contributed by atoms with Gasteiger partial charge in [0, 0.05) is 58.0 Å². The number of benzene rings is 13. The molecule has 4 heterocycles. The molecule has 5 unspecified atom stereocenters. The molecule has 0 N–H and O–H groups in total. The van der Waals surface area contributed by atoms with E-state index in [-0.39, 0.29) is 36.3 Å². The Balaban J connectivity index is 0.909. The van der Waals surface area contributed by atoms with Crippen LogP contribution < -0.4 is 31.1 Å². The average molecular weight is 1100 g/mol. The fourth-order valence-corrected chi connectivity index (χ4v) is 19.2. The molecule has 0 aromatic heterocycles. The molecule has 0 bridgehead atoms. The van der Waals surface area contributed by atoms with E-state index in [0.29, 0.717) is 0 Å². The second-order valence-electron chi connectivity index (χ2n) is 25.4. The molecule has 13 aromatic rings. The van der Waals surface area contributed by atoms with Gasteiger partial charge in [-0.15, -0.1) is 0 Å². The number of hydrogen-bond donors (Lipinski definition) is 0. The molecule has 0 amide bonds. The monoisotopic (exact) mass is 1100 g/mol. The highest BCUT2D eigenvalue weighted by atomic mass is 15.2. The molecule has 3 nitrogen and oxygen atoms in total. The summed E-state index contributed by atoms with van der Waals surface area (Å²) >= 11 is 0. The zero-order chi connectivity index (χ0) is 56.1. The highest BCUT2D eigenvalue weighted by molar-refractivity contribution is 6.99. The zero-order valence-electron chi connectivity index (χ0n) is 47.3. The van der Waals surface area contributed by atoms with Crippen molar-refractivity contribution in [2.75, 3.05) is 14.7 Å². The molecule has 4 heteroatoms. The summed E-state index contributed by atoms with van der Waals surface area (Å²) in [6, 6.07) is 105. The molecule has 0 fully saturated rings. The van der Waals surface area contributed by atoms with Crippen molar-refractivity contribution in [1.82, 2.24) is 0 Å². The Kier molecular flexibility index (Phi) is 8.51. The van der Waals surface area contributed by atoms with Crippen molar-refractivity contribution < 1.29 is 0 Å². The molecule has 400 valence electrons. The third-order valence-corrected chi connectivity index (χ3v) is 21.9. The van der Waals surface area contributed by atoms with Gasteiger partial charge in [0.25, 0.3) is 0 Å². The standard InChI is InChI=1S/C83H50BN3/c1-4-22-46(23-5-1)85-61-38-17-14-32-53(61)67-49-28-10-12-30-51(49)70-72-56(42-44-64(85)78(67)72)75-80(70)74-55-34-20-37-60-69(55)77(58-35-21-41-66-83(58)84(60)59-36-16-19-40-63(59)87(66)48-26-8-3-9-27-48)82(74)76-57-43-45-65-79-68(50-29-11-13-31-52(50)71(73(57)79)81(75)76)54-33-15-18-39-62(54)86(65)47-24-6-2-7-25-47/h1-45,67-68,70-71,77H. The fraction of sp³-hybridized carbons (Fsp3) is 0.0602. The highest BCUT2D eigenvalue weighted by Gasteiger charge is 2.57. The lowest BCUT2D eigenvalue weighted by Crippen LogP contribution is -2.61. The quantitative estimate of drug-likeness (QED) is 0.163. The molecule has 4 aliphatic heterocycles. The fourth-order valence-electron chi connectivity index (χ4n) is 19.2. The van der Waals surface area contributed by atoms with Crippen LogP contribution in [0.3, 0.4) is 0 Å². The summed E-state index contributed by atoms with van der Waals surface area (Å²) in [5.41, 5.74) is 45.7. The van der Waals surface area contributed by atoms with Crippen LogP contribution in [0, 0.1) is 0 Å². The Morgan fingerprint density at radius 3 is 1.07 bits per heavy atom. The van der Waals surface area contributed by atoms with Gasteiger partial charge in [0.15, 0.2) is 0 Å². The van der Waals surface area contributed by atoms with Crippen LogP contribution in [0.4, 0.5) is 51.2 Å². The highest BCUT2D eigenvalue weighted by Crippen LogP contribution is 2.73. The molecule has 9 aliphatic rings. The Hall–Kier alpha value is -10.7. The summed E-state index contributed by atoms with van der Waals surface area (Å²) in [6.07, 6.45) is 0. The van der Waals surface area contributed by atoms with Crippen molar-refractivity contribution in [3.63, 3.8) is 0 Å². The van der Waals surface area contributed by atoms with Crippen LogP contribution in [0.1, 0.15) is 113 Å². The molecule has 22 rings (SSSR count). The minimum absolute atomic E-state index is 0.00779. The maximum atomic E-state index is 2.58. The van der Waals surface area contributed by atoms with E-state index in [2.05, 4.69) is 288 Å². The average Bonchev–Trinajstić information content (AvgIpc) is 1.52. The Morgan fingerprint density at radius 1 is 0.207 bits per heavy atom. The third-order valence-electron chi connectivity index (χ3n) is 21.9. The van der Waals surface area contributed by atoms with E-state index in [1.807, 2.05) is 0 Å². The van der Waals surface area contributed by atoms with Crippen LogP contribution in [0.15, 0.2) is 273 Å². The van der Waals surface area contributed by atoms with Crippen molar-refractivity contribution >= 4 is 74.3 Å². The van der Waals surface area contributed by atoms with Crippen molar-refractivity contribution in [3.8, 4) is 33.4 Å². The first-order valence-electron chi connectivity index (χ1n) is 31.1. The number of rotatable bonds is 3. The van der Waals surface area contributed by atoms with Gasteiger partial charge >= 0.3 is 0 Å². The van der Waals surface area contributed by atoms with Gasteiger partial charge < -0.3 is 14.7 Å². The first-order valence-corrected chi connectivity index (χ1v) is 31.1. The van der Waals surface area contributed by atoms with Gasteiger partial charge in [-0.3, -0.25) is 0 Å². The minimum Gasteiger partial charge on any atom is -0.312 e. The van der Waals surface area contributed by atoms with Crippen molar-refractivity contribution in [3.05, 3.63) is 356 Å². The van der Waals surface area contributed by atoms with E-state index in [1.165, 1.54) is 184 Å². The Morgan fingerprint density at radius 2 is 0.563 bits per heavy atom. The van der Waals surface area contributed by atoms with E-state index in [9.17, 15) is 0 Å². The molecule has 87 heavy (non-hydrogen) atoms. The zero-order valence-corrected chi connectivity index (χ0v) is 47.3. The lowest BCUT2D eigenvalue weighted by Gasteiger charge is -2.43. The summed E-state index contributed by atoms with van der Waals surface area (Å²) in [6.45, 7) is 0.0594. The van der Waals surface area contributed by atoms with E-state index < -0.39 is 0 Å². The lowest BCUT2D eigenvalue weighted by molar-refractivity contribution is 0.819. The Bertz CT molecular complexity index is 5250. The summed E-state index contributed by atoms with van der Waals surface area (Å²) in [5.74, 6) is 0.0862. The third kappa shape index (κ3) is 5.38. The van der Waals surface area contributed by atoms with Gasteiger partial charge in [-0.05, 0) is 201 Å². The van der Waals surface area contributed by atoms with Gasteiger partial charge in [-0.25, -0.2) is 0 Å². The van der Waals surface area contributed by atoms with Gasteiger partial charge in [0.05, 0.1) is 22.7 Å². The number of hydrogen-bond acceptors (Lipinski definition) is 3. The van der Waals surface area contributed by atoms with Crippen LogP contribution in [0.2, 0.25) is 0 Å². The van der Waals surface area contributed by atoms with Gasteiger partial charge in [0.2, 0.25) is 6.71 Å². The number of anilines is 9. The van der Waals surface area contributed by atoms with Crippen LogP contribution in [0.5, 0.6) is 0 Å². The second-order valence-corrected chi connectivity index (χ2v) is 25.4. The maximum absolute atomic E-state index is 2.58. The number of para-hydroxylation sites is 6. The molecular weight excluding hydrogens is 1050 g/mol. The van der Waals surface area contributed by atoms with Crippen molar-refractivity contribution in [2.45, 2.75) is 29.6 Å². The molecule has 0 spiro atoms. The van der Waals surface area contributed by atoms with Crippen LogP contribution >= 0.6 is 0 Å². The maximum Gasteiger partial charge on any atom is 0.247 e. The smallest absolute Gasteiger partial charge is 0.247 e. The summed E-state index contributed by atoms with van der Waals surface area (Å²) in [7, 11) is 0. The summed E-state index contributed by atoms with van der Waals surface area (Å²) in [4.78, 5) is 7.71. The largest absolute Gasteiger partial charge is 0.312 e. The topological polar surface area (TPSA) is 9.72 Å². The molecule has 5 atom stereocenters. The summed E-state index contributed by atoms with van der Waals surface area (Å²) < 4.78 is 0. The molecule has 0 saturated heterocycles. The molecule has 0 saturated carbocycles. The van der Waals surface area contributed by atoms with Crippen LogP contribution in [-0.2, 0) is 0 Å². The van der Waals surface area contributed by atoms with Gasteiger partial charge in [-0.1, -0.05) is 206 Å². The SMILES string of the molecule is c1ccc(N2c3ccccc3B3c4cccc5c4C(c4cccc2c43)c2c3c(c4c(c2-5)C2c5ccccc5C5c6ccccc6N(c6ccccc6)c6ccc-4c2c65)C2c4ccccc4C4c5ccccc5N(c5ccccc5)c5ccc-3c2c54)cc1. The van der Waals surface area contributed by atoms with E-state index in [1.54, 1.807) is 0 Å². The molecule has 0 radical (unpaired) electrons.